The van der Waals surface area contributed by atoms with Gasteiger partial charge < -0.3 is 14.7 Å². The van der Waals surface area contributed by atoms with Crippen molar-refractivity contribution in [2.75, 3.05) is 20.2 Å². The topological polar surface area (TPSA) is 49.8 Å². The lowest BCUT2D eigenvalue weighted by Crippen LogP contribution is -2.31. The Hall–Kier alpha value is -2.23. The predicted molar refractivity (Wildman–Crippen MR) is 71.0 cm³/mol. The number of nitrogens with zero attached hydrogens (tertiary/aromatic N) is 1. The zero-order chi connectivity index (χ0) is 13.5. The first-order valence-corrected chi connectivity index (χ1v) is 5.52. The highest BCUT2D eigenvalue weighted by Crippen LogP contribution is 2.30. The van der Waals surface area contributed by atoms with Gasteiger partial charge in [-0.1, -0.05) is 18.2 Å². The highest BCUT2D eigenvalue weighted by Gasteiger charge is 2.19. The van der Waals surface area contributed by atoms with Crippen molar-refractivity contribution in [2.24, 2.45) is 0 Å². The number of rotatable bonds is 6. The summed E-state index contributed by atoms with van der Waals surface area (Å²) < 4.78 is 4.97. The highest BCUT2D eigenvalue weighted by molar-refractivity contribution is 5.97. The smallest absolute Gasteiger partial charge is 0.258 e. The fourth-order valence-corrected chi connectivity index (χ4v) is 1.58. The molecule has 1 N–H and O–H groups in total. The van der Waals surface area contributed by atoms with Crippen LogP contribution in [0.3, 0.4) is 0 Å². The molecule has 1 rings (SSSR count). The van der Waals surface area contributed by atoms with E-state index in [0.717, 1.165) is 0 Å². The molecule has 0 bridgehead atoms. The lowest BCUT2D eigenvalue weighted by molar-refractivity contribution is 0.0787. The van der Waals surface area contributed by atoms with Gasteiger partial charge >= 0.3 is 0 Å². The van der Waals surface area contributed by atoms with Gasteiger partial charge in [0.25, 0.3) is 5.91 Å². The monoisotopic (exact) mass is 247 g/mol. The maximum absolute atomic E-state index is 12.2. The van der Waals surface area contributed by atoms with Crippen molar-refractivity contribution in [1.82, 2.24) is 4.90 Å². The molecule has 96 valence electrons. The molecule has 0 aliphatic heterocycles. The number of phenolic OH excluding ortho intramolecular Hbond substituents is 1. The summed E-state index contributed by atoms with van der Waals surface area (Å²) in [5.74, 6) is -0.160. The molecular weight excluding hydrogens is 230 g/mol. The zero-order valence-corrected chi connectivity index (χ0v) is 10.4. The molecule has 0 aliphatic rings. The van der Waals surface area contributed by atoms with Crippen molar-refractivity contribution >= 4 is 5.91 Å². The molecule has 0 saturated heterocycles. The second-order valence-corrected chi connectivity index (χ2v) is 3.64. The summed E-state index contributed by atoms with van der Waals surface area (Å²) in [4.78, 5) is 13.8. The van der Waals surface area contributed by atoms with E-state index in [0.29, 0.717) is 13.1 Å². The van der Waals surface area contributed by atoms with Crippen molar-refractivity contribution in [3.05, 3.63) is 49.1 Å². The average molecular weight is 247 g/mol. The van der Waals surface area contributed by atoms with Crippen LogP contribution in [-0.4, -0.2) is 36.1 Å². The maximum atomic E-state index is 12.2. The molecule has 18 heavy (non-hydrogen) atoms. The van der Waals surface area contributed by atoms with Crippen LogP contribution in [0.4, 0.5) is 0 Å². The van der Waals surface area contributed by atoms with E-state index >= 15 is 0 Å². The van der Waals surface area contributed by atoms with Crippen LogP contribution in [0, 0.1) is 0 Å². The van der Waals surface area contributed by atoms with E-state index in [-0.39, 0.29) is 23.0 Å². The van der Waals surface area contributed by atoms with Crippen LogP contribution in [0.25, 0.3) is 0 Å². The second-order valence-electron chi connectivity index (χ2n) is 3.64. The minimum atomic E-state index is -0.286. The first-order valence-electron chi connectivity index (χ1n) is 5.52. The molecule has 4 heteroatoms. The van der Waals surface area contributed by atoms with Gasteiger partial charge in [0.15, 0.2) is 11.5 Å². The Morgan fingerprint density at radius 1 is 1.39 bits per heavy atom. The molecule has 0 aromatic heterocycles. The Balaban J connectivity index is 3.07. The third kappa shape index (κ3) is 2.91. The van der Waals surface area contributed by atoms with Crippen LogP contribution in [0.15, 0.2) is 43.5 Å². The third-order valence-electron chi connectivity index (χ3n) is 2.44. The number of benzene rings is 1. The number of para-hydroxylation sites is 1. The van der Waals surface area contributed by atoms with E-state index in [9.17, 15) is 9.90 Å². The molecule has 0 aliphatic carbocycles. The molecule has 0 radical (unpaired) electrons. The lowest BCUT2D eigenvalue weighted by Gasteiger charge is -2.20. The molecule has 4 nitrogen and oxygen atoms in total. The van der Waals surface area contributed by atoms with Gasteiger partial charge in [-0.05, 0) is 12.1 Å². The van der Waals surface area contributed by atoms with Gasteiger partial charge in [0.2, 0.25) is 0 Å². The van der Waals surface area contributed by atoms with Crippen molar-refractivity contribution in [3.63, 3.8) is 0 Å². The summed E-state index contributed by atoms with van der Waals surface area (Å²) in [7, 11) is 1.44. The summed E-state index contributed by atoms with van der Waals surface area (Å²) in [6, 6.07) is 4.81. The van der Waals surface area contributed by atoms with Crippen molar-refractivity contribution in [2.45, 2.75) is 0 Å². The standard InChI is InChI=1S/C14H17NO3/c1-4-9-15(10-5-2)14(17)11-7-6-8-12(18-3)13(11)16/h4-8,16H,1-2,9-10H2,3H3. The van der Waals surface area contributed by atoms with Crippen LogP contribution in [-0.2, 0) is 0 Å². The normalized spacial score (nSPS) is 9.61. The minimum absolute atomic E-state index is 0.150. The number of aromatic hydroxyl groups is 1. The van der Waals surface area contributed by atoms with Crippen LogP contribution in [0.2, 0.25) is 0 Å². The molecule has 1 aromatic carbocycles. The fraction of sp³-hybridized carbons (Fsp3) is 0.214. The predicted octanol–water partition coefficient (Wildman–Crippen LogP) is 2.22. The molecule has 0 fully saturated rings. The van der Waals surface area contributed by atoms with Gasteiger partial charge in [0, 0.05) is 13.1 Å². The van der Waals surface area contributed by atoms with Crippen molar-refractivity contribution in [3.8, 4) is 11.5 Å². The number of phenols is 1. The van der Waals surface area contributed by atoms with Crippen LogP contribution in [0.1, 0.15) is 10.4 Å². The molecule has 0 unspecified atom stereocenters. The Kier molecular flexibility index (Phi) is 4.99. The Morgan fingerprint density at radius 3 is 2.50 bits per heavy atom. The van der Waals surface area contributed by atoms with Gasteiger partial charge in [-0.25, -0.2) is 0 Å². The Bertz CT molecular complexity index is 444. The first-order chi connectivity index (χ1) is 8.65. The molecule has 0 heterocycles. The lowest BCUT2D eigenvalue weighted by atomic mass is 10.1. The molecule has 0 atom stereocenters. The number of carbonyl (C=O) groups excluding carboxylic acids is 1. The Morgan fingerprint density at radius 2 is 2.00 bits per heavy atom. The number of hydrogen-bond donors (Lipinski definition) is 1. The van der Waals surface area contributed by atoms with E-state index < -0.39 is 0 Å². The van der Waals surface area contributed by atoms with E-state index in [2.05, 4.69) is 13.2 Å². The van der Waals surface area contributed by atoms with Gasteiger partial charge in [0.1, 0.15) is 0 Å². The van der Waals surface area contributed by atoms with Crippen LogP contribution >= 0.6 is 0 Å². The maximum Gasteiger partial charge on any atom is 0.258 e. The number of amides is 1. The zero-order valence-electron chi connectivity index (χ0n) is 10.4. The third-order valence-corrected chi connectivity index (χ3v) is 2.44. The molecule has 1 aromatic rings. The molecule has 0 spiro atoms. The summed E-state index contributed by atoms with van der Waals surface area (Å²) in [5.41, 5.74) is 0.207. The summed E-state index contributed by atoms with van der Waals surface area (Å²) in [5, 5.41) is 9.92. The van der Waals surface area contributed by atoms with Gasteiger partial charge in [-0.3, -0.25) is 4.79 Å². The Labute approximate surface area is 107 Å². The van der Waals surface area contributed by atoms with Gasteiger partial charge in [0.05, 0.1) is 12.7 Å². The van der Waals surface area contributed by atoms with E-state index in [1.54, 1.807) is 30.4 Å². The first kappa shape index (κ1) is 13.8. The number of methoxy groups -OCH3 is 1. The van der Waals surface area contributed by atoms with E-state index in [4.69, 9.17) is 4.74 Å². The minimum Gasteiger partial charge on any atom is -0.504 e. The van der Waals surface area contributed by atoms with E-state index in [1.165, 1.54) is 12.0 Å². The number of ether oxygens (including phenoxy) is 1. The quantitative estimate of drug-likeness (QED) is 0.784. The fourth-order valence-electron chi connectivity index (χ4n) is 1.58. The van der Waals surface area contributed by atoms with Gasteiger partial charge in [-0.15, -0.1) is 13.2 Å². The summed E-state index contributed by atoms with van der Waals surface area (Å²) in [6.07, 6.45) is 3.25. The van der Waals surface area contributed by atoms with Gasteiger partial charge in [-0.2, -0.15) is 0 Å². The van der Waals surface area contributed by atoms with Crippen molar-refractivity contribution < 1.29 is 14.6 Å². The molecule has 0 saturated carbocycles. The molecular formula is C14H17NO3. The van der Waals surface area contributed by atoms with Crippen LogP contribution in [0.5, 0.6) is 11.5 Å². The summed E-state index contributed by atoms with van der Waals surface area (Å²) >= 11 is 0. The number of carbonyl (C=O) groups is 1. The van der Waals surface area contributed by atoms with E-state index in [1.807, 2.05) is 0 Å². The number of hydrogen-bond acceptors (Lipinski definition) is 3. The average Bonchev–Trinajstić information content (AvgIpc) is 2.38. The SMILES string of the molecule is C=CCN(CC=C)C(=O)c1cccc(OC)c1O. The van der Waals surface area contributed by atoms with Crippen molar-refractivity contribution in [1.29, 1.82) is 0 Å². The highest BCUT2D eigenvalue weighted by atomic mass is 16.5. The van der Waals surface area contributed by atoms with Crippen LogP contribution < -0.4 is 4.74 Å². The largest absolute Gasteiger partial charge is 0.504 e. The summed E-state index contributed by atoms with van der Waals surface area (Å²) in [6.45, 7) is 7.98. The second kappa shape index (κ2) is 6.49. The molecule has 1 amide bonds.